The van der Waals surface area contributed by atoms with Gasteiger partial charge in [0, 0.05) is 11.7 Å². The normalized spacial score (nSPS) is 21.0. The summed E-state index contributed by atoms with van der Waals surface area (Å²) in [6.45, 7) is 11.1. The number of aromatic nitrogens is 2. The molecule has 2 aromatic carbocycles. The van der Waals surface area contributed by atoms with E-state index in [0.717, 1.165) is 29.4 Å². The maximum absolute atomic E-state index is 12.5. The first kappa shape index (κ1) is 22.5. The van der Waals surface area contributed by atoms with Crippen molar-refractivity contribution in [2.75, 3.05) is 5.32 Å². The highest BCUT2D eigenvalue weighted by molar-refractivity contribution is 5.84. The van der Waals surface area contributed by atoms with Gasteiger partial charge in [-0.1, -0.05) is 26.8 Å². The highest BCUT2D eigenvalue weighted by atomic mass is 19.4. The molecule has 0 amide bonds. The summed E-state index contributed by atoms with van der Waals surface area (Å²) in [7, 11) is 0. The molecule has 1 heterocycles. The lowest BCUT2D eigenvalue weighted by molar-refractivity contribution is -0.274. The highest BCUT2D eigenvalue weighted by Gasteiger charge is 2.35. The van der Waals surface area contributed by atoms with Crippen LogP contribution in [-0.4, -0.2) is 15.9 Å². The summed E-state index contributed by atoms with van der Waals surface area (Å²) >= 11 is 0. The minimum absolute atomic E-state index is 0.229. The van der Waals surface area contributed by atoms with Crippen LogP contribution >= 0.6 is 0 Å². The van der Waals surface area contributed by atoms with E-state index in [1.54, 1.807) is 12.1 Å². The number of alkyl halides is 3. The number of anilines is 2. The molecule has 0 aliphatic heterocycles. The van der Waals surface area contributed by atoms with E-state index in [0.29, 0.717) is 17.6 Å². The van der Waals surface area contributed by atoms with Crippen LogP contribution in [0.15, 0.2) is 36.4 Å². The SMILES string of the molecule is Cc1ccc2c(nc(Nc3ccc(OC(F)(F)F)cc3)n2[C@H]2C[C@@H](C)CC(C)(C)C2)c1C. The van der Waals surface area contributed by atoms with Crippen LogP contribution in [0.3, 0.4) is 0 Å². The van der Waals surface area contributed by atoms with Crippen LogP contribution in [0.2, 0.25) is 0 Å². The van der Waals surface area contributed by atoms with Crippen molar-refractivity contribution in [3.63, 3.8) is 0 Å². The minimum Gasteiger partial charge on any atom is -0.406 e. The summed E-state index contributed by atoms with van der Waals surface area (Å²) < 4.78 is 43.7. The first-order valence-electron chi connectivity index (χ1n) is 11.0. The van der Waals surface area contributed by atoms with Crippen LogP contribution in [0.1, 0.15) is 57.2 Å². The Labute approximate surface area is 186 Å². The quantitative estimate of drug-likeness (QED) is 0.448. The molecule has 3 aromatic rings. The van der Waals surface area contributed by atoms with Crippen LogP contribution in [0.4, 0.5) is 24.8 Å². The van der Waals surface area contributed by atoms with E-state index in [2.05, 4.69) is 61.4 Å². The Morgan fingerprint density at radius 3 is 2.38 bits per heavy atom. The molecule has 0 unspecified atom stereocenters. The Bertz CT molecular complexity index is 1120. The third-order valence-corrected chi connectivity index (χ3v) is 6.46. The fourth-order valence-corrected chi connectivity index (χ4v) is 5.22. The molecule has 1 aromatic heterocycles. The number of benzene rings is 2. The zero-order valence-corrected chi connectivity index (χ0v) is 19.2. The number of hydrogen-bond donors (Lipinski definition) is 1. The number of fused-ring (bicyclic) bond motifs is 1. The zero-order chi connectivity index (χ0) is 23.3. The van der Waals surface area contributed by atoms with E-state index in [-0.39, 0.29) is 17.2 Å². The maximum Gasteiger partial charge on any atom is 0.573 e. The molecule has 4 nitrogen and oxygen atoms in total. The summed E-state index contributed by atoms with van der Waals surface area (Å²) in [5, 5.41) is 3.35. The molecule has 1 aliphatic carbocycles. The summed E-state index contributed by atoms with van der Waals surface area (Å²) in [6, 6.07) is 10.3. The molecule has 4 rings (SSSR count). The molecule has 0 saturated heterocycles. The number of nitrogens with zero attached hydrogens (tertiary/aromatic N) is 2. The minimum atomic E-state index is -4.71. The Morgan fingerprint density at radius 1 is 1.06 bits per heavy atom. The van der Waals surface area contributed by atoms with Crippen molar-refractivity contribution in [2.24, 2.45) is 11.3 Å². The molecule has 0 bridgehead atoms. The number of aryl methyl sites for hydroxylation is 2. The van der Waals surface area contributed by atoms with Gasteiger partial charge in [0.1, 0.15) is 5.75 Å². The van der Waals surface area contributed by atoms with E-state index in [9.17, 15) is 13.2 Å². The molecular formula is C25H30F3N3O. The first-order chi connectivity index (χ1) is 14.9. The summed E-state index contributed by atoms with van der Waals surface area (Å²) in [4.78, 5) is 4.94. The largest absolute Gasteiger partial charge is 0.573 e. The molecule has 1 fully saturated rings. The molecular weight excluding hydrogens is 415 g/mol. The van der Waals surface area contributed by atoms with Gasteiger partial charge in [-0.05, 0) is 85.9 Å². The molecule has 2 atom stereocenters. The molecule has 32 heavy (non-hydrogen) atoms. The fourth-order valence-electron chi connectivity index (χ4n) is 5.22. The second kappa shape index (κ2) is 8.01. The number of ether oxygens (including phenoxy) is 1. The fraction of sp³-hybridized carbons (Fsp3) is 0.480. The van der Waals surface area contributed by atoms with Crippen LogP contribution in [-0.2, 0) is 0 Å². The van der Waals surface area contributed by atoms with E-state index in [1.165, 1.54) is 24.1 Å². The van der Waals surface area contributed by atoms with Gasteiger partial charge >= 0.3 is 6.36 Å². The molecule has 1 saturated carbocycles. The monoisotopic (exact) mass is 445 g/mol. The van der Waals surface area contributed by atoms with Crippen LogP contribution < -0.4 is 10.1 Å². The number of rotatable bonds is 4. The summed E-state index contributed by atoms with van der Waals surface area (Å²) in [6.07, 6.45) is -1.40. The number of halogens is 3. The van der Waals surface area contributed by atoms with Crippen LogP contribution in [0, 0.1) is 25.2 Å². The molecule has 172 valence electrons. The second-order valence-electron chi connectivity index (χ2n) is 9.94. The van der Waals surface area contributed by atoms with Crippen molar-refractivity contribution in [1.29, 1.82) is 0 Å². The zero-order valence-electron chi connectivity index (χ0n) is 19.2. The lowest BCUT2D eigenvalue weighted by Crippen LogP contribution is -2.29. The van der Waals surface area contributed by atoms with Crippen LogP contribution in [0.25, 0.3) is 11.0 Å². The lowest BCUT2D eigenvalue weighted by atomic mass is 9.70. The molecule has 1 N–H and O–H groups in total. The van der Waals surface area contributed by atoms with E-state index in [1.807, 2.05) is 0 Å². The lowest BCUT2D eigenvalue weighted by Gasteiger charge is -2.40. The Balaban J connectivity index is 1.74. The number of nitrogens with one attached hydrogen (secondary N) is 1. The Morgan fingerprint density at radius 2 is 1.75 bits per heavy atom. The predicted octanol–water partition coefficient (Wildman–Crippen LogP) is 7.68. The van der Waals surface area contributed by atoms with Gasteiger partial charge in [-0.25, -0.2) is 4.98 Å². The van der Waals surface area contributed by atoms with Gasteiger partial charge in [0.25, 0.3) is 0 Å². The van der Waals surface area contributed by atoms with Gasteiger partial charge in [-0.3, -0.25) is 0 Å². The molecule has 0 spiro atoms. The van der Waals surface area contributed by atoms with E-state index < -0.39 is 6.36 Å². The van der Waals surface area contributed by atoms with Gasteiger partial charge in [-0.2, -0.15) is 0 Å². The highest BCUT2D eigenvalue weighted by Crippen LogP contribution is 2.46. The van der Waals surface area contributed by atoms with Crippen molar-refractivity contribution < 1.29 is 17.9 Å². The summed E-state index contributed by atoms with van der Waals surface area (Å²) in [5.74, 6) is 1.07. The van der Waals surface area contributed by atoms with Gasteiger partial charge < -0.3 is 14.6 Å². The van der Waals surface area contributed by atoms with Crippen molar-refractivity contribution in [2.45, 2.75) is 66.3 Å². The van der Waals surface area contributed by atoms with E-state index >= 15 is 0 Å². The average Bonchev–Trinajstić information content (AvgIpc) is 3.02. The topological polar surface area (TPSA) is 39.1 Å². The molecule has 7 heteroatoms. The van der Waals surface area contributed by atoms with Crippen molar-refractivity contribution in [3.8, 4) is 5.75 Å². The Hall–Kier alpha value is -2.70. The standard InChI is InChI=1S/C25H30F3N3O/c1-15-12-19(14-24(4,5)13-15)31-21-11-6-16(2)17(3)22(21)30-23(31)29-18-7-9-20(10-8-18)32-25(26,27)28/h6-11,15,19H,12-14H2,1-5H3,(H,29,30)/t15-,19+/m1/s1. The third kappa shape index (κ3) is 4.71. The average molecular weight is 446 g/mol. The predicted molar refractivity (Wildman–Crippen MR) is 121 cm³/mol. The number of hydrogen-bond acceptors (Lipinski definition) is 3. The van der Waals surface area contributed by atoms with Gasteiger partial charge in [0.15, 0.2) is 0 Å². The van der Waals surface area contributed by atoms with E-state index in [4.69, 9.17) is 4.98 Å². The molecule has 0 radical (unpaired) electrons. The maximum atomic E-state index is 12.5. The van der Waals surface area contributed by atoms with Crippen molar-refractivity contribution in [3.05, 3.63) is 47.5 Å². The third-order valence-electron chi connectivity index (χ3n) is 6.46. The smallest absolute Gasteiger partial charge is 0.406 e. The van der Waals surface area contributed by atoms with Gasteiger partial charge in [-0.15, -0.1) is 13.2 Å². The second-order valence-corrected chi connectivity index (χ2v) is 9.94. The van der Waals surface area contributed by atoms with Crippen molar-refractivity contribution in [1.82, 2.24) is 9.55 Å². The molecule has 1 aliphatic rings. The van der Waals surface area contributed by atoms with Gasteiger partial charge in [0.05, 0.1) is 11.0 Å². The number of imidazole rings is 1. The van der Waals surface area contributed by atoms with Gasteiger partial charge in [0.2, 0.25) is 5.95 Å². The van der Waals surface area contributed by atoms with Crippen molar-refractivity contribution >= 4 is 22.7 Å². The van der Waals surface area contributed by atoms with Crippen LogP contribution in [0.5, 0.6) is 5.75 Å². The first-order valence-corrected chi connectivity index (χ1v) is 11.0. The summed E-state index contributed by atoms with van der Waals surface area (Å²) in [5.41, 5.74) is 5.25. The Kier molecular flexibility index (Phi) is 5.63.